The second-order valence-corrected chi connectivity index (χ2v) is 4.74. The molecule has 1 amide bonds. The molecule has 0 spiro atoms. The number of H-pyrrole nitrogens is 1. The Bertz CT molecular complexity index is 639. The molecule has 1 aromatic carbocycles. The quantitative estimate of drug-likeness (QED) is 0.590. The monoisotopic (exact) mass is 337 g/mol. The second-order valence-electron chi connectivity index (χ2n) is 3.83. The van der Waals surface area contributed by atoms with Crippen LogP contribution in [0.5, 0.6) is 11.5 Å². The largest absolute Gasteiger partial charge is 0.504 e. The highest BCUT2D eigenvalue weighted by atomic mass is 79.9. The number of phenolic OH excluding ortho intramolecular Hbond substituents is 1. The lowest BCUT2D eigenvalue weighted by Crippen LogP contribution is -2.17. The molecule has 0 bridgehead atoms. The Hall–Kier alpha value is -2.28. The third-order valence-electron chi connectivity index (χ3n) is 2.50. The van der Waals surface area contributed by atoms with E-state index < -0.39 is 0 Å². The van der Waals surface area contributed by atoms with E-state index in [4.69, 9.17) is 4.74 Å². The average Bonchev–Trinajstić information content (AvgIpc) is 2.96. The van der Waals surface area contributed by atoms with Crippen LogP contribution in [0.1, 0.15) is 16.1 Å². The lowest BCUT2D eigenvalue weighted by atomic mass is 10.2. The molecule has 0 fully saturated rings. The minimum Gasteiger partial charge on any atom is -0.504 e. The third kappa shape index (κ3) is 3.18. The van der Waals surface area contributed by atoms with Gasteiger partial charge in [-0.1, -0.05) is 15.9 Å². The number of rotatable bonds is 4. The Morgan fingerprint density at radius 1 is 1.55 bits per heavy atom. The lowest BCUT2D eigenvalue weighted by Gasteiger charge is -2.06. The molecule has 1 aromatic heterocycles. The first kappa shape index (κ1) is 14.1. The molecule has 0 aliphatic carbocycles. The number of aromatic nitrogens is 1. The molecule has 0 radical (unpaired) electrons. The predicted octanol–water partition coefficient (Wildman–Crippen LogP) is 2.26. The van der Waals surface area contributed by atoms with Gasteiger partial charge in [0.05, 0.1) is 13.3 Å². The molecule has 0 aliphatic heterocycles. The Morgan fingerprint density at radius 2 is 2.35 bits per heavy atom. The summed E-state index contributed by atoms with van der Waals surface area (Å²) in [6.07, 6.45) is 2.98. The predicted molar refractivity (Wildman–Crippen MR) is 78.2 cm³/mol. The van der Waals surface area contributed by atoms with Crippen LogP contribution in [0.25, 0.3) is 0 Å². The standard InChI is InChI=1S/C13H12BrN3O3/c1-20-11-6-9(14)5-8(12(11)18)7-16-17-13(19)10-3-2-4-15-10/h2-7,15,18H,1H3,(H,17,19)/b16-7+. The molecule has 20 heavy (non-hydrogen) atoms. The fourth-order valence-electron chi connectivity index (χ4n) is 1.54. The Kier molecular flexibility index (Phi) is 4.41. The molecule has 3 N–H and O–H groups in total. The van der Waals surface area contributed by atoms with Crippen molar-refractivity contribution in [3.8, 4) is 11.5 Å². The van der Waals surface area contributed by atoms with Crippen LogP contribution in [0.4, 0.5) is 0 Å². The summed E-state index contributed by atoms with van der Waals surface area (Å²) in [7, 11) is 1.45. The maximum atomic E-state index is 11.6. The van der Waals surface area contributed by atoms with Gasteiger partial charge in [0.15, 0.2) is 11.5 Å². The molecule has 1 heterocycles. The van der Waals surface area contributed by atoms with Gasteiger partial charge in [-0.15, -0.1) is 0 Å². The topological polar surface area (TPSA) is 86.7 Å². The third-order valence-corrected chi connectivity index (χ3v) is 2.96. The van der Waals surface area contributed by atoms with Crippen LogP contribution < -0.4 is 10.2 Å². The number of amides is 1. The summed E-state index contributed by atoms with van der Waals surface area (Å²) >= 11 is 3.30. The lowest BCUT2D eigenvalue weighted by molar-refractivity contribution is 0.0951. The smallest absolute Gasteiger partial charge is 0.287 e. The number of methoxy groups -OCH3 is 1. The van der Waals surface area contributed by atoms with Gasteiger partial charge >= 0.3 is 0 Å². The summed E-state index contributed by atoms with van der Waals surface area (Å²) in [5, 5.41) is 13.7. The molecule has 6 nitrogen and oxygen atoms in total. The molecule has 0 unspecified atom stereocenters. The molecule has 0 saturated heterocycles. The number of carbonyl (C=O) groups excluding carboxylic acids is 1. The van der Waals surface area contributed by atoms with Gasteiger partial charge in [-0.2, -0.15) is 5.10 Å². The van der Waals surface area contributed by atoms with Crippen molar-refractivity contribution in [2.75, 3.05) is 7.11 Å². The highest BCUT2D eigenvalue weighted by Gasteiger charge is 2.08. The number of phenols is 1. The first-order valence-electron chi connectivity index (χ1n) is 5.65. The van der Waals surface area contributed by atoms with Crippen LogP contribution in [0.2, 0.25) is 0 Å². The highest BCUT2D eigenvalue weighted by Crippen LogP contribution is 2.32. The summed E-state index contributed by atoms with van der Waals surface area (Å²) in [4.78, 5) is 14.4. The molecule has 0 saturated carbocycles. The molecular weight excluding hydrogens is 326 g/mol. The molecule has 7 heteroatoms. The van der Waals surface area contributed by atoms with Gasteiger partial charge in [0, 0.05) is 16.2 Å². The number of halogens is 1. The maximum absolute atomic E-state index is 11.6. The van der Waals surface area contributed by atoms with Crippen LogP contribution in [0, 0.1) is 0 Å². The molecule has 104 valence electrons. The zero-order valence-electron chi connectivity index (χ0n) is 10.6. The van der Waals surface area contributed by atoms with E-state index in [0.717, 1.165) is 4.47 Å². The van der Waals surface area contributed by atoms with Crippen molar-refractivity contribution in [1.82, 2.24) is 10.4 Å². The summed E-state index contributed by atoms with van der Waals surface area (Å²) in [5.74, 6) is -0.0993. The van der Waals surface area contributed by atoms with Gasteiger partial charge in [0.25, 0.3) is 5.91 Å². The van der Waals surface area contributed by atoms with Gasteiger partial charge in [-0.25, -0.2) is 5.43 Å². The molecule has 2 rings (SSSR count). The zero-order chi connectivity index (χ0) is 14.5. The Morgan fingerprint density at radius 3 is 3.00 bits per heavy atom. The average molecular weight is 338 g/mol. The van der Waals surface area contributed by atoms with Crippen LogP contribution in [0.15, 0.2) is 40.0 Å². The van der Waals surface area contributed by atoms with Crippen molar-refractivity contribution < 1.29 is 14.6 Å². The minimum absolute atomic E-state index is 0.0476. The highest BCUT2D eigenvalue weighted by molar-refractivity contribution is 9.10. The van der Waals surface area contributed by atoms with E-state index in [-0.39, 0.29) is 11.7 Å². The number of aromatic amines is 1. The fraction of sp³-hybridized carbons (Fsp3) is 0.0769. The number of hydrazone groups is 1. The van der Waals surface area contributed by atoms with Gasteiger partial charge in [-0.05, 0) is 24.3 Å². The molecule has 0 aliphatic rings. The number of hydrogen-bond donors (Lipinski definition) is 3. The van der Waals surface area contributed by atoms with E-state index in [0.29, 0.717) is 17.0 Å². The number of nitrogens with zero attached hydrogens (tertiary/aromatic N) is 1. The summed E-state index contributed by atoms with van der Waals surface area (Å²) in [6.45, 7) is 0. The van der Waals surface area contributed by atoms with Gasteiger partial charge in [0.1, 0.15) is 5.69 Å². The van der Waals surface area contributed by atoms with Crippen LogP contribution >= 0.6 is 15.9 Å². The van der Waals surface area contributed by atoms with E-state index in [1.807, 2.05) is 0 Å². The number of benzene rings is 1. The van der Waals surface area contributed by atoms with Crippen LogP contribution in [-0.2, 0) is 0 Å². The number of hydrogen-bond acceptors (Lipinski definition) is 4. The second kappa shape index (κ2) is 6.25. The van der Waals surface area contributed by atoms with E-state index in [2.05, 4.69) is 31.4 Å². The minimum atomic E-state index is -0.368. The van der Waals surface area contributed by atoms with E-state index in [1.165, 1.54) is 13.3 Å². The van der Waals surface area contributed by atoms with Crippen LogP contribution in [-0.4, -0.2) is 29.3 Å². The van der Waals surface area contributed by atoms with E-state index in [9.17, 15) is 9.90 Å². The summed E-state index contributed by atoms with van der Waals surface area (Å²) in [6, 6.07) is 6.63. The van der Waals surface area contributed by atoms with Gasteiger partial charge in [-0.3, -0.25) is 4.79 Å². The molecule has 2 aromatic rings. The van der Waals surface area contributed by atoms with Crippen molar-refractivity contribution >= 4 is 28.1 Å². The fourth-order valence-corrected chi connectivity index (χ4v) is 2.00. The Labute approximate surface area is 123 Å². The first-order valence-corrected chi connectivity index (χ1v) is 6.44. The molecule has 0 atom stereocenters. The Balaban J connectivity index is 2.12. The first-order chi connectivity index (χ1) is 9.61. The van der Waals surface area contributed by atoms with Gasteiger partial charge < -0.3 is 14.8 Å². The van der Waals surface area contributed by atoms with Crippen molar-refractivity contribution in [2.45, 2.75) is 0 Å². The SMILES string of the molecule is COc1cc(Br)cc(/C=N/NC(=O)c2ccc[nH]2)c1O. The number of nitrogens with one attached hydrogen (secondary N) is 2. The summed E-state index contributed by atoms with van der Waals surface area (Å²) < 4.78 is 5.74. The summed E-state index contributed by atoms with van der Waals surface area (Å²) in [5.41, 5.74) is 3.17. The molecular formula is C13H12BrN3O3. The number of aromatic hydroxyl groups is 1. The number of ether oxygens (including phenoxy) is 1. The van der Waals surface area contributed by atoms with Crippen molar-refractivity contribution in [2.24, 2.45) is 5.10 Å². The van der Waals surface area contributed by atoms with Crippen molar-refractivity contribution in [3.63, 3.8) is 0 Å². The normalized spacial score (nSPS) is 10.7. The van der Waals surface area contributed by atoms with Crippen molar-refractivity contribution in [1.29, 1.82) is 0 Å². The van der Waals surface area contributed by atoms with Crippen LogP contribution in [0.3, 0.4) is 0 Å². The van der Waals surface area contributed by atoms with E-state index >= 15 is 0 Å². The maximum Gasteiger partial charge on any atom is 0.287 e. The van der Waals surface area contributed by atoms with E-state index in [1.54, 1.807) is 30.5 Å². The van der Waals surface area contributed by atoms with Gasteiger partial charge in [0.2, 0.25) is 0 Å². The zero-order valence-corrected chi connectivity index (χ0v) is 12.1. The van der Waals surface area contributed by atoms with Crippen molar-refractivity contribution in [3.05, 3.63) is 46.2 Å². The number of carbonyl (C=O) groups is 1.